The summed E-state index contributed by atoms with van der Waals surface area (Å²) >= 11 is 0. The van der Waals surface area contributed by atoms with Gasteiger partial charge in [0, 0.05) is 6.42 Å². The highest BCUT2D eigenvalue weighted by molar-refractivity contribution is 5.32. The van der Waals surface area contributed by atoms with Gasteiger partial charge in [0.25, 0.3) is 5.79 Å². The molecule has 0 saturated heterocycles. The highest BCUT2D eigenvalue weighted by atomic mass is 16.7. The second-order valence-electron chi connectivity index (χ2n) is 9.64. The first-order valence-electron chi connectivity index (χ1n) is 13.5. The fourth-order valence-electron chi connectivity index (χ4n) is 4.19. The van der Waals surface area contributed by atoms with Crippen LogP contribution in [0.4, 0.5) is 0 Å². The van der Waals surface area contributed by atoms with Gasteiger partial charge in [-0.05, 0) is 93.1 Å². The molecule has 0 unspecified atom stereocenters. The van der Waals surface area contributed by atoms with E-state index < -0.39 is 5.79 Å². The second kappa shape index (κ2) is 14.2. The van der Waals surface area contributed by atoms with Gasteiger partial charge in [-0.25, -0.2) is 0 Å². The highest BCUT2D eigenvalue weighted by Gasteiger charge is 2.35. The average molecular weight is 543 g/mol. The molecule has 0 atom stereocenters. The van der Waals surface area contributed by atoms with Crippen molar-refractivity contribution in [2.24, 2.45) is 0 Å². The Balaban J connectivity index is 1.52. The highest BCUT2D eigenvalue weighted by Crippen LogP contribution is 2.31. The molecule has 0 fully saturated rings. The van der Waals surface area contributed by atoms with Crippen molar-refractivity contribution in [3.63, 3.8) is 0 Å². The molecule has 0 bridgehead atoms. The standard InChI is InChI=1S/C34H38O6/c1-26-6-10-32(11-7-26)39-34(40-33-12-8-27(2)9-13-33,23-25-38-31-20-16-29(36-4)17-21-31)22-5-24-37-30-18-14-28(35-3)15-19-30/h6-21H,5,22-25H2,1-4H3. The summed E-state index contributed by atoms with van der Waals surface area (Å²) in [7, 11) is 3.29. The van der Waals surface area contributed by atoms with Gasteiger partial charge in [0.05, 0.1) is 33.9 Å². The third-order valence-corrected chi connectivity index (χ3v) is 6.49. The number of benzene rings is 4. The maximum absolute atomic E-state index is 6.65. The van der Waals surface area contributed by atoms with Gasteiger partial charge in [-0.1, -0.05) is 35.4 Å². The summed E-state index contributed by atoms with van der Waals surface area (Å²) < 4.78 is 35.9. The molecule has 4 aromatic rings. The Bertz CT molecular complexity index is 1240. The van der Waals surface area contributed by atoms with Crippen molar-refractivity contribution < 1.29 is 28.4 Å². The van der Waals surface area contributed by atoms with Gasteiger partial charge in [-0.15, -0.1) is 0 Å². The largest absolute Gasteiger partial charge is 0.497 e. The van der Waals surface area contributed by atoms with E-state index in [1.807, 2.05) is 97.1 Å². The molecular formula is C34H38O6. The van der Waals surface area contributed by atoms with E-state index >= 15 is 0 Å². The van der Waals surface area contributed by atoms with E-state index in [2.05, 4.69) is 13.8 Å². The summed E-state index contributed by atoms with van der Waals surface area (Å²) in [5.41, 5.74) is 2.32. The maximum Gasteiger partial charge on any atom is 0.254 e. The van der Waals surface area contributed by atoms with Crippen LogP contribution in [0, 0.1) is 13.8 Å². The summed E-state index contributed by atoms with van der Waals surface area (Å²) in [5, 5.41) is 0. The predicted octanol–water partition coefficient (Wildman–Crippen LogP) is 7.80. The Morgan fingerprint density at radius 2 is 0.825 bits per heavy atom. The van der Waals surface area contributed by atoms with Crippen LogP contribution in [0.15, 0.2) is 97.1 Å². The zero-order valence-electron chi connectivity index (χ0n) is 23.7. The van der Waals surface area contributed by atoms with E-state index in [0.717, 1.165) is 45.6 Å². The minimum atomic E-state index is -0.986. The van der Waals surface area contributed by atoms with Crippen LogP contribution in [0.3, 0.4) is 0 Å². The molecule has 0 aliphatic carbocycles. The molecule has 0 aromatic heterocycles. The van der Waals surface area contributed by atoms with E-state index in [-0.39, 0.29) is 0 Å². The first kappa shape index (κ1) is 28.7. The lowest BCUT2D eigenvalue weighted by Gasteiger charge is -2.35. The molecule has 4 rings (SSSR count). The Hall–Kier alpha value is -4.32. The summed E-state index contributed by atoms with van der Waals surface area (Å²) in [6, 6.07) is 31.2. The zero-order valence-corrected chi connectivity index (χ0v) is 23.7. The fraction of sp³-hybridized carbons (Fsp3) is 0.294. The van der Waals surface area contributed by atoms with Gasteiger partial charge < -0.3 is 28.4 Å². The van der Waals surface area contributed by atoms with Crippen LogP contribution in [0.25, 0.3) is 0 Å². The summed E-state index contributed by atoms with van der Waals surface area (Å²) in [6.45, 7) is 5.00. The van der Waals surface area contributed by atoms with Crippen molar-refractivity contribution in [3.05, 3.63) is 108 Å². The molecule has 4 aromatic carbocycles. The Morgan fingerprint density at radius 3 is 1.25 bits per heavy atom. The first-order chi connectivity index (χ1) is 19.5. The minimum Gasteiger partial charge on any atom is -0.497 e. The smallest absolute Gasteiger partial charge is 0.254 e. The Morgan fingerprint density at radius 1 is 0.450 bits per heavy atom. The lowest BCUT2D eigenvalue weighted by atomic mass is 10.1. The molecule has 0 amide bonds. The number of methoxy groups -OCH3 is 2. The van der Waals surface area contributed by atoms with E-state index in [1.165, 1.54) is 0 Å². The molecular weight excluding hydrogens is 504 g/mol. The van der Waals surface area contributed by atoms with Gasteiger partial charge in [0.1, 0.15) is 34.5 Å². The molecule has 6 heteroatoms. The quantitative estimate of drug-likeness (QED) is 0.113. The lowest BCUT2D eigenvalue weighted by Crippen LogP contribution is -2.44. The van der Waals surface area contributed by atoms with Gasteiger partial charge >= 0.3 is 0 Å². The summed E-state index contributed by atoms with van der Waals surface area (Å²) in [5.74, 6) is 3.60. The molecule has 0 aliphatic rings. The van der Waals surface area contributed by atoms with E-state index in [1.54, 1.807) is 14.2 Å². The lowest BCUT2D eigenvalue weighted by molar-refractivity contribution is -0.132. The molecule has 0 heterocycles. The van der Waals surface area contributed by atoms with Gasteiger partial charge in [0.2, 0.25) is 0 Å². The van der Waals surface area contributed by atoms with Crippen LogP contribution in [-0.2, 0) is 0 Å². The van der Waals surface area contributed by atoms with E-state index in [0.29, 0.717) is 32.5 Å². The number of ether oxygens (including phenoxy) is 6. The van der Waals surface area contributed by atoms with Gasteiger partial charge in [-0.2, -0.15) is 0 Å². The van der Waals surface area contributed by atoms with Crippen LogP contribution in [0.1, 0.15) is 30.4 Å². The first-order valence-corrected chi connectivity index (χ1v) is 13.5. The molecule has 0 saturated carbocycles. The molecule has 0 radical (unpaired) electrons. The number of hydrogen-bond donors (Lipinski definition) is 0. The van der Waals surface area contributed by atoms with Crippen LogP contribution in [-0.4, -0.2) is 33.2 Å². The maximum atomic E-state index is 6.65. The van der Waals surface area contributed by atoms with Crippen molar-refractivity contribution in [1.82, 2.24) is 0 Å². The second-order valence-corrected chi connectivity index (χ2v) is 9.64. The number of rotatable bonds is 15. The fourth-order valence-corrected chi connectivity index (χ4v) is 4.19. The summed E-state index contributed by atoms with van der Waals surface area (Å²) in [6.07, 6.45) is 1.77. The van der Waals surface area contributed by atoms with Crippen molar-refractivity contribution >= 4 is 0 Å². The number of aryl methyl sites for hydroxylation is 2. The zero-order chi connectivity index (χ0) is 28.2. The van der Waals surface area contributed by atoms with Crippen molar-refractivity contribution in [3.8, 4) is 34.5 Å². The molecule has 210 valence electrons. The predicted molar refractivity (Wildman–Crippen MR) is 157 cm³/mol. The van der Waals surface area contributed by atoms with E-state index in [4.69, 9.17) is 28.4 Å². The van der Waals surface area contributed by atoms with E-state index in [9.17, 15) is 0 Å². The SMILES string of the molecule is COc1ccc(OCCCC(CCOc2ccc(OC)cc2)(Oc2ccc(C)cc2)Oc2ccc(C)cc2)cc1. The van der Waals surface area contributed by atoms with Crippen LogP contribution in [0.5, 0.6) is 34.5 Å². The minimum absolute atomic E-state index is 0.392. The summed E-state index contributed by atoms with van der Waals surface area (Å²) in [4.78, 5) is 0. The monoisotopic (exact) mass is 542 g/mol. The van der Waals surface area contributed by atoms with Crippen LogP contribution in [0.2, 0.25) is 0 Å². The molecule has 0 spiro atoms. The molecule has 0 aliphatic heterocycles. The normalized spacial score (nSPS) is 11.0. The van der Waals surface area contributed by atoms with Crippen LogP contribution < -0.4 is 28.4 Å². The van der Waals surface area contributed by atoms with Crippen molar-refractivity contribution in [1.29, 1.82) is 0 Å². The molecule has 0 N–H and O–H groups in total. The van der Waals surface area contributed by atoms with Crippen LogP contribution >= 0.6 is 0 Å². The molecule has 6 nitrogen and oxygen atoms in total. The molecule has 40 heavy (non-hydrogen) atoms. The van der Waals surface area contributed by atoms with Gasteiger partial charge in [-0.3, -0.25) is 0 Å². The van der Waals surface area contributed by atoms with Crippen molar-refractivity contribution in [2.45, 2.75) is 38.9 Å². The van der Waals surface area contributed by atoms with Gasteiger partial charge in [0.15, 0.2) is 0 Å². The Labute approximate surface area is 237 Å². The topological polar surface area (TPSA) is 55.4 Å². The Kier molecular flexibility index (Phi) is 10.2. The number of hydrogen-bond acceptors (Lipinski definition) is 6. The third-order valence-electron chi connectivity index (χ3n) is 6.49. The third kappa shape index (κ3) is 8.60. The average Bonchev–Trinajstić information content (AvgIpc) is 2.98. The van der Waals surface area contributed by atoms with Crippen molar-refractivity contribution in [2.75, 3.05) is 27.4 Å².